The molecule has 1 rings (SSSR count). The molecule has 96 valence electrons. The minimum absolute atomic E-state index is 0.0810. The summed E-state index contributed by atoms with van der Waals surface area (Å²) in [5, 5.41) is 14.6. The number of rotatable bonds is 6. The van der Waals surface area contributed by atoms with Crippen molar-refractivity contribution in [3.05, 3.63) is 21.9 Å². The Labute approximate surface area is 107 Å². The van der Waals surface area contributed by atoms with Crippen molar-refractivity contribution in [1.82, 2.24) is 5.32 Å². The Balaban J connectivity index is 2.46. The quantitative estimate of drug-likeness (QED) is 0.821. The van der Waals surface area contributed by atoms with Gasteiger partial charge < -0.3 is 10.4 Å². The molecule has 1 heterocycles. The lowest BCUT2D eigenvalue weighted by molar-refractivity contribution is 0.0819. The van der Waals surface area contributed by atoms with Crippen LogP contribution >= 0.6 is 11.3 Å². The fourth-order valence-corrected chi connectivity index (χ4v) is 2.72. The number of hydrogen-bond donors (Lipinski definition) is 2. The van der Waals surface area contributed by atoms with E-state index in [0.29, 0.717) is 6.54 Å². The Bertz CT molecular complexity index is 358. The highest BCUT2D eigenvalue weighted by molar-refractivity contribution is 7.12. The zero-order valence-electron chi connectivity index (χ0n) is 10.7. The smallest absolute Gasteiger partial charge is 0.261 e. The highest BCUT2D eigenvalue weighted by Crippen LogP contribution is 2.16. The Morgan fingerprint density at radius 2 is 2.12 bits per heavy atom. The van der Waals surface area contributed by atoms with Crippen molar-refractivity contribution in [2.24, 2.45) is 5.92 Å². The summed E-state index contributed by atoms with van der Waals surface area (Å²) in [5.41, 5.74) is 0.990. The molecule has 1 aromatic heterocycles. The van der Waals surface area contributed by atoms with Crippen LogP contribution in [-0.4, -0.2) is 23.7 Å². The molecule has 1 unspecified atom stereocenters. The molecule has 1 aromatic rings. The topological polar surface area (TPSA) is 49.3 Å². The molecule has 4 heteroatoms. The summed E-state index contributed by atoms with van der Waals surface area (Å²) in [6.07, 6.45) is 1.42. The number of nitrogens with one attached hydrogen (secondary N) is 1. The average Bonchev–Trinajstić information content (AvgIpc) is 2.74. The lowest BCUT2D eigenvalue weighted by Crippen LogP contribution is -2.36. The van der Waals surface area contributed by atoms with E-state index in [0.717, 1.165) is 23.3 Å². The Kier molecular flexibility index (Phi) is 5.65. The maximum atomic E-state index is 11.8. The molecular formula is C13H21NO2S. The first kappa shape index (κ1) is 14.2. The summed E-state index contributed by atoms with van der Waals surface area (Å²) in [5.74, 6) is 0.183. The standard InChI is InChI=1S/C13H21NO2S/c1-4-10(5-2)11(15)8-14-13(16)12-9(3)6-7-17-12/h6-7,10-11,15H,4-5,8H2,1-3H3,(H,14,16). The second-order valence-corrected chi connectivity index (χ2v) is 5.20. The van der Waals surface area contributed by atoms with Crippen LogP contribution in [0.3, 0.4) is 0 Å². The van der Waals surface area contributed by atoms with Crippen molar-refractivity contribution in [3.8, 4) is 0 Å². The second kappa shape index (κ2) is 6.77. The average molecular weight is 255 g/mol. The molecule has 0 bridgehead atoms. The number of amides is 1. The first-order valence-corrected chi connectivity index (χ1v) is 6.98. The molecule has 0 saturated heterocycles. The van der Waals surface area contributed by atoms with Gasteiger partial charge in [-0.15, -0.1) is 11.3 Å². The number of hydrogen-bond acceptors (Lipinski definition) is 3. The molecule has 0 aliphatic heterocycles. The van der Waals surface area contributed by atoms with Crippen LogP contribution in [0.25, 0.3) is 0 Å². The van der Waals surface area contributed by atoms with Crippen molar-refractivity contribution >= 4 is 17.2 Å². The van der Waals surface area contributed by atoms with E-state index in [-0.39, 0.29) is 11.8 Å². The highest BCUT2D eigenvalue weighted by Gasteiger charge is 2.17. The normalized spacial score (nSPS) is 12.8. The van der Waals surface area contributed by atoms with E-state index < -0.39 is 6.10 Å². The minimum atomic E-state index is -0.450. The lowest BCUT2D eigenvalue weighted by Gasteiger charge is -2.20. The van der Waals surface area contributed by atoms with Gasteiger partial charge in [-0.05, 0) is 29.9 Å². The van der Waals surface area contributed by atoms with Crippen molar-refractivity contribution in [2.45, 2.75) is 39.7 Å². The van der Waals surface area contributed by atoms with Crippen LogP contribution in [-0.2, 0) is 0 Å². The number of aryl methyl sites for hydroxylation is 1. The summed E-state index contributed by atoms with van der Waals surface area (Å²) in [6.45, 7) is 6.37. The van der Waals surface area contributed by atoms with Gasteiger partial charge in [-0.1, -0.05) is 26.7 Å². The zero-order valence-corrected chi connectivity index (χ0v) is 11.5. The Morgan fingerprint density at radius 1 is 1.47 bits per heavy atom. The number of carbonyl (C=O) groups is 1. The molecule has 1 atom stereocenters. The van der Waals surface area contributed by atoms with Gasteiger partial charge in [0.1, 0.15) is 0 Å². The van der Waals surface area contributed by atoms with E-state index in [1.54, 1.807) is 0 Å². The predicted molar refractivity (Wildman–Crippen MR) is 71.5 cm³/mol. The Hall–Kier alpha value is -0.870. The number of carbonyl (C=O) groups excluding carboxylic acids is 1. The van der Waals surface area contributed by atoms with E-state index >= 15 is 0 Å². The molecule has 0 saturated carbocycles. The van der Waals surface area contributed by atoms with Crippen molar-refractivity contribution in [2.75, 3.05) is 6.54 Å². The summed E-state index contributed by atoms with van der Waals surface area (Å²) in [6, 6.07) is 1.93. The van der Waals surface area contributed by atoms with Crippen LogP contribution in [0.4, 0.5) is 0 Å². The van der Waals surface area contributed by atoms with Gasteiger partial charge in [0.25, 0.3) is 5.91 Å². The number of aliphatic hydroxyl groups is 1. The highest BCUT2D eigenvalue weighted by atomic mass is 32.1. The third-order valence-electron chi connectivity index (χ3n) is 3.13. The van der Waals surface area contributed by atoms with E-state index in [1.165, 1.54) is 11.3 Å². The van der Waals surface area contributed by atoms with Gasteiger partial charge in [0, 0.05) is 6.54 Å². The fourth-order valence-electron chi connectivity index (χ4n) is 1.88. The van der Waals surface area contributed by atoms with Crippen molar-refractivity contribution < 1.29 is 9.90 Å². The van der Waals surface area contributed by atoms with Crippen molar-refractivity contribution in [3.63, 3.8) is 0 Å². The molecule has 0 aliphatic carbocycles. The third-order valence-corrected chi connectivity index (χ3v) is 4.15. The van der Waals surface area contributed by atoms with Gasteiger partial charge in [-0.3, -0.25) is 4.79 Å². The van der Waals surface area contributed by atoms with Gasteiger partial charge in [-0.25, -0.2) is 0 Å². The summed E-state index contributed by atoms with van der Waals surface area (Å²) < 4.78 is 0. The van der Waals surface area contributed by atoms with Gasteiger partial charge in [0.2, 0.25) is 0 Å². The predicted octanol–water partition coefficient (Wildman–Crippen LogP) is 2.58. The van der Waals surface area contributed by atoms with Crippen LogP contribution in [0.15, 0.2) is 11.4 Å². The van der Waals surface area contributed by atoms with Crippen LogP contribution in [0, 0.1) is 12.8 Å². The maximum absolute atomic E-state index is 11.8. The number of aliphatic hydroxyl groups excluding tert-OH is 1. The Morgan fingerprint density at radius 3 is 2.59 bits per heavy atom. The minimum Gasteiger partial charge on any atom is -0.391 e. The summed E-state index contributed by atoms with van der Waals surface area (Å²) in [4.78, 5) is 12.6. The van der Waals surface area contributed by atoms with Gasteiger partial charge in [0.15, 0.2) is 0 Å². The van der Waals surface area contributed by atoms with E-state index in [9.17, 15) is 9.90 Å². The van der Waals surface area contributed by atoms with Crippen LogP contribution in [0.2, 0.25) is 0 Å². The molecule has 2 N–H and O–H groups in total. The van der Waals surface area contributed by atoms with E-state index in [2.05, 4.69) is 19.2 Å². The van der Waals surface area contributed by atoms with Gasteiger partial charge in [-0.2, -0.15) is 0 Å². The molecule has 0 spiro atoms. The first-order valence-electron chi connectivity index (χ1n) is 6.10. The third kappa shape index (κ3) is 3.82. The maximum Gasteiger partial charge on any atom is 0.261 e. The monoisotopic (exact) mass is 255 g/mol. The molecule has 3 nitrogen and oxygen atoms in total. The van der Waals surface area contributed by atoms with Crippen LogP contribution < -0.4 is 5.32 Å². The first-order chi connectivity index (χ1) is 8.10. The molecule has 0 aliphatic rings. The fraction of sp³-hybridized carbons (Fsp3) is 0.615. The summed E-state index contributed by atoms with van der Waals surface area (Å²) in [7, 11) is 0. The van der Waals surface area contributed by atoms with E-state index in [1.807, 2.05) is 18.4 Å². The van der Waals surface area contributed by atoms with Crippen molar-refractivity contribution in [1.29, 1.82) is 0 Å². The zero-order chi connectivity index (χ0) is 12.8. The van der Waals surface area contributed by atoms with E-state index in [4.69, 9.17) is 0 Å². The molecule has 17 heavy (non-hydrogen) atoms. The SMILES string of the molecule is CCC(CC)C(O)CNC(=O)c1sccc1C. The van der Waals surface area contributed by atoms with Crippen LogP contribution in [0.1, 0.15) is 41.9 Å². The second-order valence-electron chi connectivity index (χ2n) is 4.29. The molecule has 1 amide bonds. The molecule has 0 aromatic carbocycles. The molecular weight excluding hydrogens is 234 g/mol. The number of thiophene rings is 1. The molecule has 0 fully saturated rings. The lowest BCUT2D eigenvalue weighted by atomic mass is 9.96. The molecule has 0 radical (unpaired) electrons. The van der Waals surface area contributed by atoms with Crippen LogP contribution in [0.5, 0.6) is 0 Å². The van der Waals surface area contributed by atoms with Gasteiger partial charge >= 0.3 is 0 Å². The van der Waals surface area contributed by atoms with Gasteiger partial charge in [0.05, 0.1) is 11.0 Å². The largest absolute Gasteiger partial charge is 0.391 e. The summed E-state index contributed by atoms with van der Waals surface area (Å²) >= 11 is 1.44.